The summed E-state index contributed by atoms with van der Waals surface area (Å²) >= 11 is 6.24. The fourth-order valence-corrected chi connectivity index (χ4v) is 5.57. The zero-order chi connectivity index (χ0) is 29.2. The van der Waals surface area contributed by atoms with Gasteiger partial charge in [-0.05, 0) is 60.2 Å². The number of hydrogen-bond acceptors (Lipinski definition) is 8. The molecule has 0 atom stereocenters. The summed E-state index contributed by atoms with van der Waals surface area (Å²) in [5.41, 5.74) is 3.19. The van der Waals surface area contributed by atoms with Gasteiger partial charge < -0.3 is 19.1 Å². The van der Waals surface area contributed by atoms with Gasteiger partial charge in [0, 0.05) is 13.1 Å². The molecule has 13 heteroatoms. The molecule has 216 valence electrons. The average molecular weight is 601 g/mol. The highest BCUT2D eigenvalue weighted by molar-refractivity contribution is 7.92. The van der Waals surface area contributed by atoms with Gasteiger partial charge in [-0.3, -0.25) is 13.9 Å². The largest absolute Gasteiger partial charge is 0.495 e. The molecule has 0 aliphatic carbocycles. The number of benzene rings is 3. The Kier molecular flexibility index (Phi) is 10.2. The summed E-state index contributed by atoms with van der Waals surface area (Å²) in [6.07, 6.45) is 1.40. The minimum Gasteiger partial charge on any atom is -0.495 e. The highest BCUT2D eigenvalue weighted by Gasteiger charge is 2.27. The quantitative estimate of drug-likeness (QED) is 0.265. The Hall–Kier alpha value is -4.13. The van der Waals surface area contributed by atoms with Crippen molar-refractivity contribution in [3.63, 3.8) is 0 Å². The molecule has 0 aromatic heterocycles. The number of carbonyl (C=O) groups excluding carboxylic acids is 2. The van der Waals surface area contributed by atoms with E-state index in [9.17, 15) is 18.0 Å². The topological polar surface area (TPSA) is 127 Å². The molecule has 11 nitrogen and oxygen atoms in total. The Morgan fingerprint density at radius 2 is 1.78 bits per heavy atom. The molecule has 1 aliphatic rings. The van der Waals surface area contributed by atoms with Crippen LogP contribution in [0.4, 0.5) is 5.69 Å². The number of amides is 2. The smallest absolute Gasteiger partial charge is 0.264 e. The minimum atomic E-state index is -4.11. The Morgan fingerprint density at radius 3 is 2.44 bits per heavy atom. The molecular formula is C28H29ClN4O7S. The van der Waals surface area contributed by atoms with Crippen LogP contribution in [0, 0.1) is 0 Å². The lowest BCUT2D eigenvalue weighted by Gasteiger charge is -2.26. The van der Waals surface area contributed by atoms with E-state index in [0.29, 0.717) is 43.4 Å². The number of hydrazone groups is 1. The normalized spacial score (nSPS) is 13.6. The third kappa shape index (κ3) is 7.97. The Morgan fingerprint density at radius 1 is 1.07 bits per heavy atom. The number of morpholine rings is 1. The van der Waals surface area contributed by atoms with Gasteiger partial charge in [0.2, 0.25) is 0 Å². The highest BCUT2D eigenvalue weighted by Crippen LogP contribution is 2.31. The standard InChI is InChI=1S/C28H29ClN4O7S/c1-38-26-12-9-22(17-25(26)29)33(41(36,37)24-5-3-2-4-6-24)19-27(34)31-30-18-21-7-10-23(11-8-21)40-20-28(35)32-13-15-39-16-14-32/h2-12,17-18H,13-16,19-20H2,1H3,(H,31,34)/b30-18+. The van der Waals surface area contributed by atoms with E-state index < -0.39 is 22.5 Å². The van der Waals surface area contributed by atoms with E-state index in [4.69, 9.17) is 25.8 Å². The van der Waals surface area contributed by atoms with Gasteiger partial charge in [-0.2, -0.15) is 5.10 Å². The summed E-state index contributed by atoms with van der Waals surface area (Å²) in [6.45, 7) is 1.51. The monoisotopic (exact) mass is 600 g/mol. The predicted molar refractivity (Wildman–Crippen MR) is 154 cm³/mol. The number of rotatable bonds is 11. The van der Waals surface area contributed by atoms with E-state index in [1.165, 1.54) is 43.7 Å². The summed E-state index contributed by atoms with van der Waals surface area (Å²) in [6, 6.07) is 19.0. The lowest BCUT2D eigenvalue weighted by atomic mass is 10.2. The molecule has 0 saturated carbocycles. The molecule has 0 unspecified atom stereocenters. The first-order chi connectivity index (χ1) is 19.8. The molecule has 0 bridgehead atoms. The molecule has 1 aliphatic heterocycles. The van der Waals surface area contributed by atoms with Crippen LogP contribution in [-0.4, -0.2) is 77.9 Å². The van der Waals surface area contributed by atoms with Crippen molar-refractivity contribution < 1.29 is 32.2 Å². The number of anilines is 1. The van der Waals surface area contributed by atoms with E-state index in [2.05, 4.69) is 10.5 Å². The van der Waals surface area contributed by atoms with Crippen LogP contribution in [0.15, 0.2) is 82.8 Å². The summed E-state index contributed by atoms with van der Waals surface area (Å²) in [7, 11) is -2.67. The number of methoxy groups -OCH3 is 1. The van der Waals surface area contributed by atoms with E-state index in [-0.39, 0.29) is 28.1 Å². The van der Waals surface area contributed by atoms with E-state index in [1.807, 2.05) is 0 Å². The van der Waals surface area contributed by atoms with E-state index in [1.54, 1.807) is 47.4 Å². The number of ether oxygens (including phenoxy) is 3. The predicted octanol–water partition coefficient (Wildman–Crippen LogP) is 2.93. The third-order valence-electron chi connectivity index (χ3n) is 6.05. The molecule has 3 aromatic rings. The van der Waals surface area contributed by atoms with Crippen molar-refractivity contribution in [2.45, 2.75) is 4.90 Å². The molecule has 1 saturated heterocycles. The van der Waals surface area contributed by atoms with Gasteiger partial charge in [-0.15, -0.1) is 0 Å². The molecule has 1 heterocycles. The maximum atomic E-state index is 13.4. The second kappa shape index (κ2) is 14.0. The number of sulfonamides is 1. The second-order valence-corrected chi connectivity index (χ2v) is 11.1. The van der Waals surface area contributed by atoms with Gasteiger partial charge in [0.1, 0.15) is 18.0 Å². The first-order valence-corrected chi connectivity index (χ1v) is 14.4. The van der Waals surface area contributed by atoms with Crippen molar-refractivity contribution in [1.82, 2.24) is 10.3 Å². The van der Waals surface area contributed by atoms with Crippen LogP contribution in [-0.2, 0) is 24.3 Å². The van der Waals surface area contributed by atoms with Gasteiger partial charge in [0.15, 0.2) is 6.61 Å². The summed E-state index contributed by atoms with van der Waals surface area (Å²) in [5, 5.41) is 4.14. The Balaban J connectivity index is 1.38. The van der Waals surface area contributed by atoms with Crippen LogP contribution in [0.2, 0.25) is 5.02 Å². The van der Waals surface area contributed by atoms with Gasteiger partial charge in [-0.25, -0.2) is 13.8 Å². The number of carbonyl (C=O) groups is 2. The molecule has 1 fully saturated rings. The van der Waals surface area contributed by atoms with Crippen LogP contribution in [0.1, 0.15) is 5.56 Å². The molecule has 2 amide bonds. The van der Waals surface area contributed by atoms with Crippen LogP contribution in [0.3, 0.4) is 0 Å². The van der Waals surface area contributed by atoms with Crippen molar-refractivity contribution in [1.29, 1.82) is 0 Å². The number of nitrogens with one attached hydrogen (secondary N) is 1. The van der Waals surface area contributed by atoms with Crippen LogP contribution in [0.25, 0.3) is 0 Å². The lowest BCUT2D eigenvalue weighted by Crippen LogP contribution is -2.42. The van der Waals surface area contributed by atoms with Crippen LogP contribution < -0.4 is 19.2 Å². The molecule has 0 spiro atoms. The van der Waals surface area contributed by atoms with Gasteiger partial charge >= 0.3 is 0 Å². The van der Waals surface area contributed by atoms with Crippen molar-refractivity contribution >= 4 is 45.3 Å². The second-order valence-electron chi connectivity index (χ2n) is 8.79. The third-order valence-corrected chi connectivity index (χ3v) is 8.13. The maximum absolute atomic E-state index is 13.4. The molecule has 0 radical (unpaired) electrons. The number of nitrogens with zero attached hydrogens (tertiary/aromatic N) is 3. The fraction of sp³-hybridized carbons (Fsp3) is 0.250. The molecule has 41 heavy (non-hydrogen) atoms. The summed E-state index contributed by atoms with van der Waals surface area (Å²) in [4.78, 5) is 26.7. The van der Waals surface area contributed by atoms with Gasteiger partial charge in [-0.1, -0.05) is 29.8 Å². The average Bonchev–Trinajstić information content (AvgIpc) is 3.00. The van der Waals surface area contributed by atoms with Crippen LogP contribution in [0.5, 0.6) is 11.5 Å². The number of halogens is 1. The van der Waals surface area contributed by atoms with Crippen LogP contribution >= 0.6 is 11.6 Å². The van der Waals surface area contributed by atoms with Crippen molar-refractivity contribution in [2.75, 3.05) is 50.9 Å². The SMILES string of the molecule is COc1ccc(N(CC(=O)N/N=C/c2ccc(OCC(=O)N3CCOCC3)cc2)S(=O)(=O)c2ccccc2)cc1Cl. The minimum absolute atomic E-state index is 0.0113. The summed E-state index contributed by atoms with van der Waals surface area (Å²) < 4.78 is 43.8. The Bertz CT molecular complexity index is 1480. The zero-order valence-electron chi connectivity index (χ0n) is 22.2. The Labute approximate surface area is 243 Å². The lowest BCUT2D eigenvalue weighted by molar-refractivity contribution is -0.137. The first kappa shape index (κ1) is 29.8. The van der Waals surface area contributed by atoms with Gasteiger partial charge in [0.05, 0.1) is 42.1 Å². The molecular weight excluding hydrogens is 572 g/mol. The van der Waals surface area contributed by atoms with Crippen molar-refractivity contribution in [3.8, 4) is 11.5 Å². The molecule has 4 rings (SSSR count). The first-order valence-electron chi connectivity index (χ1n) is 12.6. The van der Waals surface area contributed by atoms with Gasteiger partial charge in [0.25, 0.3) is 21.8 Å². The molecule has 3 aromatic carbocycles. The van der Waals surface area contributed by atoms with E-state index >= 15 is 0 Å². The number of hydrogen-bond donors (Lipinski definition) is 1. The highest BCUT2D eigenvalue weighted by atomic mass is 35.5. The van der Waals surface area contributed by atoms with E-state index in [0.717, 1.165) is 4.31 Å². The zero-order valence-corrected chi connectivity index (χ0v) is 23.8. The van der Waals surface area contributed by atoms with Crippen molar-refractivity contribution in [3.05, 3.63) is 83.4 Å². The summed E-state index contributed by atoms with van der Waals surface area (Å²) in [5.74, 6) is 0.0884. The molecule has 1 N–H and O–H groups in total. The van der Waals surface area contributed by atoms with Crippen molar-refractivity contribution in [2.24, 2.45) is 5.10 Å². The fourth-order valence-electron chi connectivity index (χ4n) is 3.89. The maximum Gasteiger partial charge on any atom is 0.264 e.